The second-order valence-corrected chi connectivity index (χ2v) is 5.93. The van der Waals surface area contributed by atoms with E-state index in [1.54, 1.807) is 25.3 Å². The summed E-state index contributed by atoms with van der Waals surface area (Å²) in [6.07, 6.45) is 0. The van der Waals surface area contributed by atoms with Crippen molar-refractivity contribution in [3.05, 3.63) is 28.8 Å². The van der Waals surface area contributed by atoms with Gasteiger partial charge in [0.25, 0.3) is 0 Å². The zero-order valence-electron chi connectivity index (χ0n) is 13.5. The van der Waals surface area contributed by atoms with E-state index in [2.05, 4.69) is 4.90 Å². The number of methoxy groups -OCH3 is 2. The van der Waals surface area contributed by atoms with E-state index in [9.17, 15) is 9.90 Å². The SMILES string of the molecule is COCCN1CCN([C@H](C(=O)O)c2cc(Cl)ccc2OC)CC1. The van der Waals surface area contributed by atoms with Crippen LogP contribution in [0.25, 0.3) is 0 Å². The third kappa shape index (κ3) is 4.57. The molecular weight excluding hydrogens is 320 g/mol. The fraction of sp³-hybridized carbons (Fsp3) is 0.562. The zero-order chi connectivity index (χ0) is 16.8. The van der Waals surface area contributed by atoms with Gasteiger partial charge in [-0.25, -0.2) is 0 Å². The highest BCUT2D eigenvalue weighted by molar-refractivity contribution is 6.30. The summed E-state index contributed by atoms with van der Waals surface area (Å²) in [6.45, 7) is 4.53. The Morgan fingerprint density at radius 1 is 1.30 bits per heavy atom. The number of carboxylic acid groups (broad SMARTS) is 1. The van der Waals surface area contributed by atoms with Crippen LogP contribution < -0.4 is 4.74 Å². The van der Waals surface area contributed by atoms with Crippen LogP contribution in [0.5, 0.6) is 5.75 Å². The van der Waals surface area contributed by atoms with E-state index in [0.29, 0.717) is 36.0 Å². The highest BCUT2D eigenvalue weighted by atomic mass is 35.5. The molecule has 0 aromatic heterocycles. The molecule has 0 spiro atoms. The lowest BCUT2D eigenvalue weighted by Crippen LogP contribution is -2.49. The fourth-order valence-electron chi connectivity index (χ4n) is 2.87. The van der Waals surface area contributed by atoms with Crippen molar-refractivity contribution in [3.8, 4) is 5.75 Å². The van der Waals surface area contributed by atoms with Crippen molar-refractivity contribution in [3.63, 3.8) is 0 Å². The van der Waals surface area contributed by atoms with E-state index in [1.807, 2.05) is 4.90 Å². The summed E-state index contributed by atoms with van der Waals surface area (Å²) >= 11 is 6.05. The Morgan fingerprint density at radius 3 is 2.57 bits per heavy atom. The maximum absolute atomic E-state index is 11.9. The van der Waals surface area contributed by atoms with Crippen LogP contribution in [-0.4, -0.2) is 74.4 Å². The lowest BCUT2D eigenvalue weighted by atomic mass is 10.0. The standard InChI is InChI=1S/C16H23ClN2O4/c1-22-10-9-18-5-7-19(8-6-18)15(16(20)21)13-11-12(17)3-4-14(13)23-2/h3-4,11,15H,5-10H2,1-2H3,(H,20,21)/t15-/m0/s1. The summed E-state index contributed by atoms with van der Waals surface area (Å²) in [5.41, 5.74) is 0.595. The number of benzene rings is 1. The molecule has 1 atom stereocenters. The number of carbonyl (C=O) groups is 1. The predicted molar refractivity (Wildman–Crippen MR) is 88.3 cm³/mol. The number of hydrogen-bond donors (Lipinski definition) is 1. The van der Waals surface area contributed by atoms with Crippen LogP contribution in [0.4, 0.5) is 0 Å². The third-order valence-corrected chi connectivity index (χ3v) is 4.34. The van der Waals surface area contributed by atoms with Gasteiger partial charge in [0.05, 0.1) is 13.7 Å². The Labute approximate surface area is 141 Å². The number of rotatable bonds is 7. The molecule has 1 aromatic carbocycles. The molecule has 1 saturated heterocycles. The van der Waals surface area contributed by atoms with Crippen molar-refractivity contribution in [1.29, 1.82) is 0 Å². The first-order chi connectivity index (χ1) is 11.1. The van der Waals surface area contributed by atoms with Crippen LogP contribution in [0.1, 0.15) is 11.6 Å². The average Bonchev–Trinajstić information content (AvgIpc) is 2.54. The van der Waals surface area contributed by atoms with Crippen LogP contribution in [0.2, 0.25) is 5.02 Å². The molecule has 6 nitrogen and oxygen atoms in total. The van der Waals surface area contributed by atoms with Crippen LogP contribution in [-0.2, 0) is 9.53 Å². The molecule has 1 aromatic rings. The normalized spacial score (nSPS) is 17.9. The van der Waals surface area contributed by atoms with Gasteiger partial charge in [0.2, 0.25) is 0 Å². The maximum atomic E-state index is 11.9. The first-order valence-corrected chi connectivity index (χ1v) is 7.96. The summed E-state index contributed by atoms with van der Waals surface area (Å²) < 4.78 is 10.4. The van der Waals surface area contributed by atoms with Gasteiger partial charge in [0, 0.05) is 50.4 Å². The van der Waals surface area contributed by atoms with Crippen molar-refractivity contribution in [1.82, 2.24) is 9.80 Å². The van der Waals surface area contributed by atoms with Gasteiger partial charge < -0.3 is 14.6 Å². The molecule has 2 rings (SSSR count). The largest absolute Gasteiger partial charge is 0.496 e. The second kappa shape index (κ2) is 8.49. The summed E-state index contributed by atoms with van der Waals surface area (Å²) in [5.74, 6) is -0.348. The lowest BCUT2D eigenvalue weighted by Gasteiger charge is -2.38. The number of carboxylic acids is 1. The van der Waals surface area contributed by atoms with E-state index < -0.39 is 12.0 Å². The van der Waals surface area contributed by atoms with Gasteiger partial charge in [0.15, 0.2) is 0 Å². The lowest BCUT2D eigenvalue weighted by molar-refractivity contribution is -0.144. The molecule has 1 aliphatic rings. The van der Waals surface area contributed by atoms with Crippen molar-refractivity contribution in [2.24, 2.45) is 0 Å². The minimum Gasteiger partial charge on any atom is -0.496 e. The first kappa shape index (κ1) is 18.0. The highest BCUT2D eigenvalue weighted by Gasteiger charge is 2.32. The Bertz CT molecular complexity index is 533. The molecule has 7 heteroatoms. The van der Waals surface area contributed by atoms with Crippen LogP contribution in [0, 0.1) is 0 Å². The highest BCUT2D eigenvalue weighted by Crippen LogP contribution is 2.32. The smallest absolute Gasteiger partial charge is 0.325 e. The van der Waals surface area contributed by atoms with Crippen molar-refractivity contribution in [2.75, 3.05) is 53.6 Å². The summed E-state index contributed by atoms with van der Waals surface area (Å²) in [5, 5.41) is 10.2. The van der Waals surface area contributed by atoms with Gasteiger partial charge in [-0.2, -0.15) is 0 Å². The van der Waals surface area contributed by atoms with Crippen molar-refractivity contribution >= 4 is 17.6 Å². The maximum Gasteiger partial charge on any atom is 0.325 e. The minimum absolute atomic E-state index is 0.505. The van der Waals surface area contributed by atoms with E-state index in [4.69, 9.17) is 21.1 Å². The van der Waals surface area contributed by atoms with Gasteiger partial charge in [-0.05, 0) is 18.2 Å². The number of hydrogen-bond acceptors (Lipinski definition) is 5. The van der Waals surface area contributed by atoms with Gasteiger partial charge in [-0.3, -0.25) is 14.6 Å². The second-order valence-electron chi connectivity index (χ2n) is 5.50. The Kier molecular flexibility index (Phi) is 6.65. The van der Waals surface area contributed by atoms with Crippen LogP contribution in [0.15, 0.2) is 18.2 Å². The van der Waals surface area contributed by atoms with Crippen molar-refractivity contribution in [2.45, 2.75) is 6.04 Å². The number of piperazine rings is 1. The third-order valence-electron chi connectivity index (χ3n) is 4.10. The van der Waals surface area contributed by atoms with Gasteiger partial charge in [0.1, 0.15) is 11.8 Å². The molecule has 1 heterocycles. The van der Waals surface area contributed by atoms with E-state index in [1.165, 1.54) is 7.11 Å². The quantitative estimate of drug-likeness (QED) is 0.814. The van der Waals surface area contributed by atoms with Crippen LogP contribution >= 0.6 is 11.6 Å². The summed E-state index contributed by atoms with van der Waals surface area (Å²) in [4.78, 5) is 16.1. The molecule has 0 unspecified atom stereocenters. The van der Waals surface area contributed by atoms with Gasteiger partial charge in [-0.15, -0.1) is 0 Å². The summed E-state index contributed by atoms with van der Waals surface area (Å²) in [7, 11) is 3.22. The molecule has 0 saturated carbocycles. The Hall–Kier alpha value is -1.34. The first-order valence-electron chi connectivity index (χ1n) is 7.58. The monoisotopic (exact) mass is 342 g/mol. The molecule has 0 aliphatic carbocycles. The van der Waals surface area contributed by atoms with Crippen molar-refractivity contribution < 1.29 is 19.4 Å². The van der Waals surface area contributed by atoms with E-state index in [0.717, 1.165) is 19.6 Å². The molecule has 1 fully saturated rings. The zero-order valence-corrected chi connectivity index (χ0v) is 14.3. The van der Waals surface area contributed by atoms with E-state index in [-0.39, 0.29) is 0 Å². The van der Waals surface area contributed by atoms with E-state index >= 15 is 0 Å². The number of nitrogens with zero attached hydrogens (tertiary/aromatic N) is 2. The molecule has 1 aliphatic heterocycles. The number of aliphatic carboxylic acids is 1. The molecule has 128 valence electrons. The number of halogens is 1. The Balaban J connectivity index is 2.14. The topological polar surface area (TPSA) is 62.2 Å². The minimum atomic E-state index is -0.893. The molecular formula is C16H23ClN2O4. The van der Waals surface area contributed by atoms with Crippen LogP contribution in [0.3, 0.4) is 0 Å². The molecule has 0 amide bonds. The van der Waals surface area contributed by atoms with Gasteiger partial charge in [-0.1, -0.05) is 11.6 Å². The fourth-order valence-corrected chi connectivity index (χ4v) is 3.05. The average molecular weight is 343 g/mol. The summed E-state index contributed by atoms with van der Waals surface area (Å²) in [6, 6.07) is 4.33. The molecule has 23 heavy (non-hydrogen) atoms. The molecule has 1 N–H and O–H groups in total. The Morgan fingerprint density at radius 2 is 2.00 bits per heavy atom. The molecule has 0 radical (unpaired) electrons. The number of ether oxygens (including phenoxy) is 2. The predicted octanol–water partition coefficient (Wildman–Crippen LogP) is 1.74. The van der Waals surface area contributed by atoms with Gasteiger partial charge >= 0.3 is 5.97 Å². The molecule has 0 bridgehead atoms.